The molecule has 0 aliphatic carbocycles. The predicted octanol–water partition coefficient (Wildman–Crippen LogP) is 3.35. The van der Waals surface area contributed by atoms with Crippen molar-refractivity contribution in [3.63, 3.8) is 0 Å². The van der Waals surface area contributed by atoms with Crippen LogP contribution in [0.25, 0.3) is 0 Å². The fourth-order valence-electron chi connectivity index (χ4n) is 0.976. The van der Waals surface area contributed by atoms with E-state index in [1.165, 1.54) is 4.88 Å². The molecule has 3 heteroatoms. The Morgan fingerprint density at radius 1 is 1.15 bits per heavy atom. The molecule has 1 aromatic carbocycles. The summed E-state index contributed by atoms with van der Waals surface area (Å²) in [5.41, 5.74) is 1.03. The van der Waals surface area contributed by atoms with Gasteiger partial charge < -0.3 is 0 Å². The molecule has 0 fully saturated rings. The third kappa shape index (κ3) is 2.26. The molecule has 1 nitrogen and oxygen atoms in total. The van der Waals surface area contributed by atoms with Crippen molar-refractivity contribution < 1.29 is 0 Å². The number of benzene rings is 1. The van der Waals surface area contributed by atoms with Crippen LogP contribution in [0.1, 0.15) is 4.88 Å². The van der Waals surface area contributed by atoms with E-state index in [-0.39, 0.29) is 0 Å². The summed E-state index contributed by atoms with van der Waals surface area (Å²) >= 11 is 3.43. The van der Waals surface area contributed by atoms with Gasteiger partial charge in [0.15, 0.2) is 3.98 Å². The van der Waals surface area contributed by atoms with Crippen LogP contribution in [0.5, 0.6) is 0 Å². The first-order valence-electron chi connectivity index (χ1n) is 3.99. The quantitative estimate of drug-likeness (QED) is 0.680. The maximum absolute atomic E-state index is 4.50. The standard InChI is InChI=1S/C10H9NS2/c1-8-7-12-10(13-8)11-9-5-3-2-4-6-9/h2-7H,1H3/b11-10+. The molecule has 0 radical (unpaired) electrons. The van der Waals surface area contributed by atoms with Gasteiger partial charge in [-0.15, -0.1) is 22.7 Å². The van der Waals surface area contributed by atoms with E-state index in [9.17, 15) is 0 Å². The number of nitrogens with zero attached hydrogens (tertiary/aromatic N) is 1. The molecule has 0 amide bonds. The van der Waals surface area contributed by atoms with Gasteiger partial charge in [-0.2, -0.15) is 0 Å². The van der Waals surface area contributed by atoms with Crippen LogP contribution in [0.2, 0.25) is 0 Å². The largest absolute Gasteiger partial charge is 0.228 e. The van der Waals surface area contributed by atoms with Crippen molar-refractivity contribution >= 4 is 28.4 Å². The molecule has 0 N–H and O–H groups in total. The molecule has 0 saturated heterocycles. The number of hydrogen-bond acceptors (Lipinski definition) is 3. The monoisotopic (exact) mass is 207 g/mol. The minimum absolute atomic E-state index is 1.03. The summed E-state index contributed by atoms with van der Waals surface area (Å²) < 4.78 is 1.11. The molecule has 0 bridgehead atoms. The van der Waals surface area contributed by atoms with E-state index in [0.717, 1.165) is 9.67 Å². The number of para-hydroxylation sites is 1. The highest BCUT2D eigenvalue weighted by Crippen LogP contribution is 2.11. The summed E-state index contributed by atoms with van der Waals surface area (Å²) in [6.07, 6.45) is 0. The molecule has 0 saturated carbocycles. The molecule has 66 valence electrons. The topological polar surface area (TPSA) is 12.4 Å². The minimum Gasteiger partial charge on any atom is -0.228 e. The maximum Gasteiger partial charge on any atom is 0.171 e. The van der Waals surface area contributed by atoms with E-state index in [2.05, 4.69) is 17.3 Å². The zero-order valence-corrected chi connectivity index (χ0v) is 8.86. The highest BCUT2D eigenvalue weighted by Gasteiger charge is 1.89. The molecule has 1 heterocycles. The lowest BCUT2D eigenvalue weighted by molar-refractivity contribution is 1.46. The van der Waals surface area contributed by atoms with E-state index >= 15 is 0 Å². The third-order valence-electron chi connectivity index (χ3n) is 1.55. The second-order valence-electron chi connectivity index (χ2n) is 2.66. The van der Waals surface area contributed by atoms with Crippen LogP contribution in [0.4, 0.5) is 5.69 Å². The average Bonchev–Trinajstić information content (AvgIpc) is 2.53. The highest BCUT2D eigenvalue weighted by atomic mass is 32.2. The zero-order valence-electron chi connectivity index (χ0n) is 7.23. The van der Waals surface area contributed by atoms with Crippen LogP contribution in [0, 0.1) is 6.92 Å². The Kier molecular flexibility index (Phi) is 2.57. The fraction of sp³-hybridized carbons (Fsp3) is 0.100. The van der Waals surface area contributed by atoms with Gasteiger partial charge in [-0.25, -0.2) is 4.99 Å². The van der Waals surface area contributed by atoms with Gasteiger partial charge in [-0.1, -0.05) is 18.2 Å². The molecule has 13 heavy (non-hydrogen) atoms. The smallest absolute Gasteiger partial charge is 0.171 e. The second kappa shape index (κ2) is 3.85. The van der Waals surface area contributed by atoms with Gasteiger partial charge in [0.05, 0.1) is 5.69 Å². The Morgan fingerprint density at radius 3 is 2.54 bits per heavy atom. The Balaban J connectivity index is 2.42. The Labute approximate surface area is 85.0 Å². The summed E-state index contributed by atoms with van der Waals surface area (Å²) in [6, 6.07) is 10.0. The number of rotatable bonds is 1. The van der Waals surface area contributed by atoms with Crippen LogP contribution in [0.3, 0.4) is 0 Å². The van der Waals surface area contributed by atoms with Gasteiger partial charge in [-0.05, 0) is 19.1 Å². The van der Waals surface area contributed by atoms with Crippen molar-refractivity contribution in [2.24, 2.45) is 4.99 Å². The van der Waals surface area contributed by atoms with Crippen LogP contribution in [-0.2, 0) is 0 Å². The molecular formula is C10H9NS2. The van der Waals surface area contributed by atoms with Crippen molar-refractivity contribution in [3.05, 3.63) is 44.6 Å². The first kappa shape index (κ1) is 8.66. The first-order chi connectivity index (χ1) is 6.34. The predicted molar refractivity (Wildman–Crippen MR) is 58.6 cm³/mol. The van der Waals surface area contributed by atoms with E-state index in [1.54, 1.807) is 22.7 Å². The highest BCUT2D eigenvalue weighted by molar-refractivity contribution is 7.26. The Bertz CT molecular complexity index is 439. The van der Waals surface area contributed by atoms with Crippen molar-refractivity contribution in [1.82, 2.24) is 0 Å². The molecule has 0 aliphatic rings. The van der Waals surface area contributed by atoms with Crippen molar-refractivity contribution in [2.75, 3.05) is 0 Å². The molecule has 0 spiro atoms. The van der Waals surface area contributed by atoms with Gasteiger partial charge in [-0.3, -0.25) is 0 Å². The van der Waals surface area contributed by atoms with Crippen LogP contribution in [0.15, 0.2) is 40.7 Å². The Morgan fingerprint density at radius 2 is 1.92 bits per heavy atom. The normalized spacial score (nSPS) is 11.9. The molecule has 0 aliphatic heterocycles. The van der Waals surface area contributed by atoms with E-state index in [4.69, 9.17) is 0 Å². The Hall–Kier alpha value is -0.930. The average molecular weight is 207 g/mol. The van der Waals surface area contributed by atoms with Gasteiger partial charge >= 0.3 is 0 Å². The van der Waals surface area contributed by atoms with E-state index < -0.39 is 0 Å². The SMILES string of the molecule is Cc1cs/c(=N\c2ccccc2)s1. The van der Waals surface area contributed by atoms with Gasteiger partial charge in [0.1, 0.15) is 0 Å². The van der Waals surface area contributed by atoms with Gasteiger partial charge in [0, 0.05) is 10.3 Å². The van der Waals surface area contributed by atoms with Crippen LogP contribution >= 0.6 is 22.7 Å². The summed E-state index contributed by atoms with van der Waals surface area (Å²) in [5.74, 6) is 0. The molecule has 0 unspecified atom stereocenters. The number of aryl methyl sites for hydroxylation is 1. The van der Waals surface area contributed by atoms with Crippen molar-refractivity contribution in [2.45, 2.75) is 6.92 Å². The van der Waals surface area contributed by atoms with E-state index in [1.807, 2.05) is 30.3 Å². The fourth-order valence-corrected chi connectivity index (χ4v) is 2.90. The lowest BCUT2D eigenvalue weighted by atomic mass is 10.3. The molecular weight excluding hydrogens is 198 g/mol. The van der Waals surface area contributed by atoms with Crippen molar-refractivity contribution in [1.29, 1.82) is 0 Å². The minimum atomic E-state index is 1.03. The molecule has 2 aromatic rings. The summed E-state index contributed by atoms with van der Waals surface area (Å²) in [5, 5.41) is 2.13. The maximum atomic E-state index is 4.50. The molecule has 0 atom stereocenters. The molecule has 2 rings (SSSR count). The summed E-state index contributed by atoms with van der Waals surface area (Å²) in [6.45, 7) is 2.10. The molecule has 1 aromatic heterocycles. The third-order valence-corrected chi connectivity index (χ3v) is 3.71. The van der Waals surface area contributed by atoms with Crippen LogP contribution in [-0.4, -0.2) is 0 Å². The van der Waals surface area contributed by atoms with Gasteiger partial charge in [0.2, 0.25) is 0 Å². The zero-order chi connectivity index (χ0) is 9.10. The summed E-state index contributed by atoms with van der Waals surface area (Å²) in [4.78, 5) is 5.82. The lowest BCUT2D eigenvalue weighted by Gasteiger charge is -1.87. The van der Waals surface area contributed by atoms with Crippen LogP contribution < -0.4 is 3.98 Å². The lowest BCUT2D eigenvalue weighted by Crippen LogP contribution is -1.82. The van der Waals surface area contributed by atoms with E-state index in [0.29, 0.717) is 0 Å². The second-order valence-corrected chi connectivity index (χ2v) is 5.01. The summed E-state index contributed by atoms with van der Waals surface area (Å²) in [7, 11) is 0. The number of hydrogen-bond donors (Lipinski definition) is 0. The van der Waals surface area contributed by atoms with Crippen molar-refractivity contribution in [3.8, 4) is 0 Å². The first-order valence-corrected chi connectivity index (χ1v) is 5.69. The van der Waals surface area contributed by atoms with Gasteiger partial charge in [0.25, 0.3) is 0 Å².